The third kappa shape index (κ3) is 3.27. The molecule has 0 saturated carbocycles. The number of carbonyl (C=O) groups excluding carboxylic acids is 1. The molecule has 7 nitrogen and oxygen atoms in total. The molecule has 0 radical (unpaired) electrons. The Labute approximate surface area is 126 Å². The maximum absolute atomic E-state index is 12.2. The second-order valence-corrected chi connectivity index (χ2v) is 5.91. The molecule has 0 aliphatic carbocycles. The Balaban J connectivity index is 1.54. The molecule has 1 N–H and O–H groups in total. The number of hydrogen-bond acceptors (Lipinski definition) is 6. The first kappa shape index (κ1) is 13.7. The maximum Gasteiger partial charge on any atom is 0.322 e. The number of aromatic nitrogens is 3. The number of urea groups is 1. The Morgan fingerprint density at radius 2 is 2.10 bits per heavy atom. The number of nitrogens with one attached hydrogen (secondary N) is 1. The lowest BCUT2D eigenvalue weighted by atomic mass is 10.3. The first-order valence-electron chi connectivity index (χ1n) is 6.73. The molecular formula is C13H16N6OS. The summed E-state index contributed by atoms with van der Waals surface area (Å²) in [5.41, 5.74) is 0.713. The number of pyridine rings is 1. The van der Waals surface area contributed by atoms with E-state index in [0.717, 1.165) is 23.2 Å². The van der Waals surface area contributed by atoms with Crippen LogP contribution in [-0.4, -0.2) is 52.3 Å². The van der Waals surface area contributed by atoms with Crippen molar-refractivity contribution in [3.63, 3.8) is 0 Å². The van der Waals surface area contributed by atoms with Gasteiger partial charge in [-0.05, 0) is 19.1 Å². The van der Waals surface area contributed by atoms with E-state index in [1.165, 1.54) is 0 Å². The van der Waals surface area contributed by atoms with Crippen molar-refractivity contribution in [2.45, 2.75) is 6.92 Å². The van der Waals surface area contributed by atoms with Crippen molar-refractivity contribution in [2.75, 3.05) is 36.4 Å². The number of piperazine rings is 1. The highest BCUT2D eigenvalue weighted by Crippen LogP contribution is 2.20. The van der Waals surface area contributed by atoms with Crippen molar-refractivity contribution < 1.29 is 4.79 Å². The van der Waals surface area contributed by atoms with E-state index in [1.807, 2.05) is 13.0 Å². The van der Waals surface area contributed by atoms with Gasteiger partial charge in [-0.3, -0.25) is 4.98 Å². The number of rotatable bonds is 2. The molecule has 3 rings (SSSR count). The van der Waals surface area contributed by atoms with Crippen molar-refractivity contribution in [1.82, 2.24) is 20.1 Å². The molecule has 1 fully saturated rings. The van der Waals surface area contributed by atoms with Gasteiger partial charge in [-0.25, -0.2) is 4.79 Å². The standard InChI is InChI=1S/C13H16N6OS/c1-10-16-17-13(21-10)19-7-5-18(6-8-19)12(20)15-11-3-2-4-14-9-11/h2-4,9H,5-8H2,1H3,(H,15,20). The highest BCUT2D eigenvalue weighted by Gasteiger charge is 2.23. The van der Waals surface area contributed by atoms with Crippen LogP contribution in [0.15, 0.2) is 24.5 Å². The summed E-state index contributed by atoms with van der Waals surface area (Å²) >= 11 is 1.58. The van der Waals surface area contributed by atoms with Crippen LogP contribution in [0.4, 0.5) is 15.6 Å². The monoisotopic (exact) mass is 304 g/mol. The molecule has 2 aromatic rings. The van der Waals surface area contributed by atoms with Gasteiger partial charge in [0.2, 0.25) is 5.13 Å². The number of hydrogen-bond donors (Lipinski definition) is 1. The van der Waals surface area contributed by atoms with Crippen LogP contribution in [0.5, 0.6) is 0 Å². The van der Waals surface area contributed by atoms with Gasteiger partial charge in [0, 0.05) is 32.4 Å². The Hall–Kier alpha value is -2.22. The second-order valence-electron chi connectivity index (χ2n) is 4.75. The SMILES string of the molecule is Cc1nnc(N2CCN(C(=O)Nc3cccnc3)CC2)s1. The molecule has 0 aromatic carbocycles. The third-order valence-electron chi connectivity index (χ3n) is 3.27. The fraction of sp³-hybridized carbons (Fsp3) is 0.385. The van der Waals surface area contributed by atoms with E-state index in [4.69, 9.17) is 0 Å². The van der Waals surface area contributed by atoms with Gasteiger partial charge in [0.15, 0.2) is 0 Å². The predicted molar refractivity (Wildman–Crippen MR) is 81.7 cm³/mol. The normalized spacial score (nSPS) is 15.1. The van der Waals surface area contributed by atoms with Crippen LogP contribution in [0, 0.1) is 6.92 Å². The molecule has 1 aliphatic heterocycles. The zero-order valence-electron chi connectivity index (χ0n) is 11.7. The quantitative estimate of drug-likeness (QED) is 0.912. The zero-order valence-corrected chi connectivity index (χ0v) is 12.5. The van der Waals surface area contributed by atoms with Gasteiger partial charge in [-0.15, -0.1) is 10.2 Å². The predicted octanol–water partition coefficient (Wildman–Crippen LogP) is 1.60. The first-order chi connectivity index (χ1) is 10.2. The molecule has 110 valence electrons. The number of aryl methyl sites for hydroxylation is 1. The number of anilines is 2. The van der Waals surface area contributed by atoms with Gasteiger partial charge < -0.3 is 15.1 Å². The molecule has 1 saturated heterocycles. The van der Waals surface area contributed by atoms with Gasteiger partial charge in [0.1, 0.15) is 5.01 Å². The van der Waals surface area contributed by atoms with Crippen LogP contribution >= 0.6 is 11.3 Å². The van der Waals surface area contributed by atoms with Gasteiger partial charge in [0.25, 0.3) is 0 Å². The van der Waals surface area contributed by atoms with E-state index in [-0.39, 0.29) is 6.03 Å². The molecule has 2 amide bonds. The number of carbonyl (C=O) groups is 1. The summed E-state index contributed by atoms with van der Waals surface area (Å²) in [6.45, 7) is 4.83. The molecular weight excluding hydrogens is 288 g/mol. The smallest absolute Gasteiger partial charge is 0.322 e. The lowest BCUT2D eigenvalue weighted by molar-refractivity contribution is 0.208. The van der Waals surface area contributed by atoms with Gasteiger partial charge in [-0.2, -0.15) is 0 Å². The average Bonchev–Trinajstić information content (AvgIpc) is 2.95. The van der Waals surface area contributed by atoms with Crippen molar-refractivity contribution in [3.8, 4) is 0 Å². The lowest BCUT2D eigenvalue weighted by Crippen LogP contribution is -2.50. The van der Waals surface area contributed by atoms with Gasteiger partial charge >= 0.3 is 6.03 Å². The minimum atomic E-state index is -0.0869. The Morgan fingerprint density at radius 3 is 2.71 bits per heavy atom. The summed E-state index contributed by atoms with van der Waals surface area (Å²) in [4.78, 5) is 20.1. The van der Waals surface area contributed by atoms with E-state index in [9.17, 15) is 4.79 Å². The van der Waals surface area contributed by atoms with Crippen molar-refractivity contribution in [2.24, 2.45) is 0 Å². The fourth-order valence-corrected chi connectivity index (χ4v) is 2.89. The summed E-state index contributed by atoms with van der Waals surface area (Å²) in [7, 11) is 0. The molecule has 8 heteroatoms. The largest absolute Gasteiger partial charge is 0.343 e. The minimum Gasteiger partial charge on any atom is -0.343 e. The van der Waals surface area contributed by atoms with E-state index in [2.05, 4.69) is 25.4 Å². The topological polar surface area (TPSA) is 74.2 Å². The second kappa shape index (κ2) is 6.04. The van der Waals surface area contributed by atoms with Crippen LogP contribution in [0.1, 0.15) is 5.01 Å². The van der Waals surface area contributed by atoms with Crippen molar-refractivity contribution in [3.05, 3.63) is 29.5 Å². The van der Waals surface area contributed by atoms with Crippen LogP contribution in [0.2, 0.25) is 0 Å². The highest BCUT2D eigenvalue weighted by atomic mass is 32.1. The number of nitrogens with zero attached hydrogens (tertiary/aromatic N) is 5. The third-order valence-corrected chi connectivity index (χ3v) is 4.17. The Kier molecular flexibility index (Phi) is 3.96. The van der Waals surface area contributed by atoms with Gasteiger partial charge in [-0.1, -0.05) is 11.3 Å². The molecule has 21 heavy (non-hydrogen) atoms. The highest BCUT2D eigenvalue weighted by molar-refractivity contribution is 7.15. The first-order valence-corrected chi connectivity index (χ1v) is 7.55. The van der Waals surface area contributed by atoms with E-state index in [1.54, 1.807) is 34.7 Å². The number of amides is 2. The van der Waals surface area contributed by atoms with E-state index in [0.29, 0.717) is 18.8 Å². The van der Waals surface area contributed by atoms with Crippen LogP contribution in [-0.2, 0) is 0 Å². The molecule has 3 heterocycles. The summed E-state index contributed by atoms with van der Waals surface area (Å²) in [6, 6.07) is 3.53. The average molecular weight is 304 g/mol. The van der Waals surface area contributed by atoms with E-state index < -0.39 is 0 Å². The van der Waals surface area contributed by atoms with Crippen LogP contribution in [0.25, 0.3) is 0 Å². The van der Waals surface area contributed by atoms with Crippen LogP contribution in [0.3, 0.4) is 0 Å². The molecule has 0 spiro atoms. The Bertz CT molecular complexity index is 608. The molecule has 2 aromatic heterocycles. The summed E-state index contributed by atoms with van der Waals surface area (Å²) in [5.74, 6) is 0. The maximum atomic E-state index is 12.2. The zero-order chi connectivity index (χ0) is 14.7. The molecule has 0 atom stereocenters. The summed E-state index contributed by atoms with van der Waals surface area (Å²) in [5, 5.41) is 12.9. The molecule has 0 bridgehead atoms. The molecule has 0 unspecified atom stereocenters. The van der Waals surface area contributed by atoms with Crippen LogP contribution < -0.4 is 10.2 Å². The summed E-state index contributed by atoms with van der Waals surface area (Å²) in [6.07, 6.45) is 3.32. The van der Waals surface area contributed by atoms with E-state index >= 15 is 0 Å². The summed E-state index contributed by atoms with van der Waals surface area (Å²) < 4.78 is 0. The minimum absolute atomic E-state index is 0.0869. The van der Waals surface area contributed by atoms with Gasteiger partial charge in [0.05, 0.1) is 11.9 Å². The fourth-order valence-electron chi connectivity index (χ4n) is 2.15. The molecule has 1 aliphatic rings. The van der Waals surface area contributed by atoms with Crippen molar-refractivity contribution in [1.29, 1.82) is 0 Å². The Morgan fingerprint density at radius 1 is 1.29 bits per heavy atom. The lowest BCUT2D eigenvalue weighted by Gasteiger charge is -2.34. The van der Waals surface area contributed by atoms with Crippen molar-refractivity contribution >= 4 is 28.2 Å².